The van der Waals surface area contributed by atoms with Crippen molar-refractivity contribution in [2.75, 3.05) is 19.6 Å². The molecule has 1 saturated heterocycles. The third kappa shape index (κ3) is 3.47. The first-order valence-electron chi connectivity index (χ1n) is 7.68. The van der Waals surface area contributed by atoms with Crippen LogP contribution in [0.2, 0.25) is 0 Å². The molecule has 1 unspecified atom stereocenters. The number of hydrogen-bond donors (Lipinski definition) is 1. The van der Waals surface area contributed by atoms with E-state index in [0.29, 0.717) is 17.9 Å². The molecule has 2 aliphatic rings. The summed E-state index contributed by atoms with van der Waals surface area (Å²) in [5.41, 5.74) is 0. The second-order valence-corrected chi connectivity index (χ2v) is 6.22. The quantitative estimate of drug-likeness (QED) is 0.836. The van der Waals surface area contributed by atoms with Gasteiger partial charge in [0.1, 0.15) is 0 Å². The number of nitrogens with one attached hydrogen (secondary N) is 1. The Morgan fingerprint density at radius 2 is 2.06 bits per heavy atom. The van der Waals surface area contributed by atoms with Crippen LogP contribution in [-0.4, -0.2) is 36.5 Å². The van der Waals surface area contributed by atoms with Crippen molar-refractivity contribution < 1.29 is 4.79 Å². The molecule has 1 heterocycles. The zero-order valence-electron chi connectivity index (χ0n) is 12.0. The molecule has 2 atom stereocenters. The van der Waals surface area contributed by atoms with Crippen molar-refractivity contribution >= 4 is 5.91 Å². The summed E-state index contributed by atoms with van der Waals surface area (Å²) >= 11 is 0. The molecule has 2 rings (SSSR count). The smallest absolute Gasteiger partial charge is 0.223 e. The average Bonchev–Trinajstić information content (AvgIpc) is 2.40. The van der Waals surface area contributed by atoms with Crippen molar-refractivity contribution in [1.82, 2.24) is 10.2 Å². The zero-order valence-corrected chi connectivity index (χ0v) is 12.0. The van der Waals surface area contributed by atoms with Gasteiger partial charge in [0.25, 0.3) is 0 Å². The summed E-state index contributed by atoms with van der Waals surface area (Å²) in [5.74, 6) is 1.74. The summed E-state index contributed by atoms with van der Waals surface area (Å²) in [4.78, 5) is 14.4. The minimum atomic E-state index is 0.366. The lowest BCUT2D eigenvalue weighted by Gasteiger charge is -2.36. The minimum absolute atomic E-state index is 0.366. The fraction of sp³-hybridized carbons (Fsp3) is 0.933. The Bertz CT molecular complexity index is 274. The highest BCUT2D eigenvalue weighted by molar-refractivity contribution is 5.76. The van der Waals surface area contributed by atoms with E-state index in [9.17, 15) is 4.79 Å². The third-order valence-electron chi connectivity index (χ3n) is 4.77. The van der Waals surface area contributed by atoms with Crippen LogP contribution in [-0.2, 0) is 4.79 Å². The molecule has 0 radical (unpaired) electrons. The van der Waals surface area contributed by atoms with Gasteiger partial charge in [-0.25, -0.2) is 0 Å². The molecule has 1 aliphatic carbocycles. The van der Waals surface area contributed by atoms with Crippen LogP contribution in [0.4, 0.5) is 0 Å². The van der Waals surface area contributed by atoms with Gasteiger partial charge in [0.2, 0.25) is 5.91 Å². The molecule has 0 bridgehead atoms. The van der Waals surface area contributed by atoms with Crippen molar-refractivity contribution in [1.29, 1.82) is 0 Å². The fourth-order valence-electron chi connectivity index (χ4n) is 3.47. The summed E-state index contributed by atoms with van der Waals surface area (Å²) in [5, 5.41) is 3.34. The zero-order chi connectivity index (χ0) is 13.0. The molecular weight excluding hydrogens is 224 g/mol. The molecule has 1 saturated carbocycles. The lowest BCUT2D eigenvalue weighted by Crippen LogP contribution is -2.52. The molecule has 1 amide bonds. The molecule has 3 nitrogen and oxygen atoms in total. The third-order valence-corrected chi connectivity index (χ3v) is 4.77. The van der Waals surface area contributed by atoms with Gasteiger partial charge in [-0.15, -0.1) is 0 Å². The maximum Gasteiger partial charge on any atom is 0.223 e. The molecule has 3 heteroatoms. The van der Waals surface area contributed by atoms with E-state index >= 15 is 0 Å². The van der Waals surface area contributed by atoms with Crippen LogP contribution < -0.4 is 5.32 Å². The van der Waals surface area contributed by atoms with Crippen LogP contribution in [0.5, 0.6) is 0 Å². The highest BCUT2D eigenvalue weighted by Gasteiger charge is 2.27. The predicted molar refractivity (Wildman–Crippen MR) is 74.4 cm³/mol. The highest BCUT2D eigenvalue weighted by Crippen LogP contribution is 2.31. The number of piperazine rings is 1. The Labute approximate surface area is 111 Å². The molecule has 104 valence electrons. The van der Waals surface area contributed by atoms with Gasteiger partial charge in [-0.3, -0.25) is 4.79 Å². The van der Waals surface area contributed by atoms with E-state index in [0.717, 1.165) is 32.0 Å². The Hall–Kier alpha value is -0.570. The largest absolute Gasteiger partial charge is 0.337 e. The normalized spacial score (nSPS) is 28.1. The number of carbonyl (C=O) groups excluding carboxylic acids is 1. The van der Waals surface area contributed by atoms with Crippen LogP contribution in [0, 0.1) is 11.8 Å². The number of amides is 1. The molecule has 18 heavy (non-hydrogen) atoms. The topological polar surface area (TPSA) is 32.3 Å². The van der Waals surface area contributed by atoms with Crippen molar-refractivity contribution in [2.45, 2.75) is 58.4 Å². The molecule has 0 aromatic carbocycles. The van der Waals surface area contributed by atoms with Crippen LogP contribution in [0.1, 0.15) is 52.4 Å². The Kier molecular flexibility index (Phi) is 5.04. The second kappa shape index (κ2) is 6.55. The number of nitrogens with zero attached hydrogens (tertiary/aromatic N) is 1. The van der Waals surface area contributed by atoms with E-state index in [1.54, 1.807) is 0 Å². The highest BCUT2D eigenvalue weighted by atomic mass is 16.2. The molecule has 0 spiro atoms. The van der Waals surface area contributed by atoms with Crippen molar-refractivity contribution in [3.63, 3.8) is 0 Å². The number of hydrogen-bond acceptors (Lipinski definition) is 2. The van der Waals surface area contributed by atoms with Crippen LogP contribution in [0.15, 0.2) is 0 Å². The second-order valence-electron chi connectivity index (χ2n) is 6.22. The van der Waals surface area contributed by atoms with E-state index in [4.69, 9.17) is 0 Å². The molecule has 1 aliphatic heterocycles. The first kappa shape index (κ1) is 13.9. The number of rotatable bonds is 3. The maximum atomic E-state index is 12.4. The van der Waals surface area contributed by atoms with Crippen LogP contribution in [0.25, 0.3) is 0 Å². The minimum Gasteiger partial charge on any atom is -0.337 e. The lowest BCUT2D eigenvalue weighted by atomic mass is 9.79. The van der Waals surface area contributed by atoms with E-state index in [2.05, 4.69) is 24.1 Å². The summed E-state index contributed by atoms with van der Waals surface area (Å²) < 4.78 is 0. The monoisotopic (exact) mass is 252 g/mol. The summed E-state index contributed by atoms with van der Waals surface area (Å²) in [6.45, 7) is 7.21. The van der Waals surface area contributed by atoms with Crippen molar-refractivity contribution in [3.05, 3.63) is 0 Å². The van der Waals surface area contributed by atoms with Gasteiger partial charge in [0.15, 0.2) is 0 Å². The van der Waals surface area contributed by atoms with Gasteiger partial charge in [0, 0.05) is 32.1 Å². The van der Waals surface area contributed by atoms with Gasteiger partial charge in [-0.2, -0.15) is 0 Å². The van der Waals surface area contributed by atoms with E-state index in [-0.39, 0.29) is 0 Å². The van der Waals surface area contributed by atoms with Gasteiger partial charge in [-0.05, 0) is 18.8 Å². The van der Waals surface area contributed by atoms with Crippen molar-refractivity contribution in [2.24, 2.45) is 11.8 Å². The first-order valence-corrected chi connectivity index (χ1v) is 7.68. The number of carbonyl (C=O) groups is 1. The average molecular weight is 252 g/mol. The van der Waals surface area contributed by atoms with Gasteiger partial charge < -0.3 is 10.2 Å². The Balaban J connectivity index is 1.81. The van der Waals surface area contributed by atoms with Gasteiger partial charge in [0.05, 0.1) is 0 Å². The van der Waals surface area contributed by atoms with Gasteiger partial charge in [-0.1, -0.05) is 39.0 Å². The molecular formula is C15H28N2O. The fourth-order valence-corrected chi connectivity index (χ4v) is 3.47. The van der Waals surface area contributed by atoms with Crippen molar-refractivity contribution in [3.8, 4) is 0 Å². The first-order chi connectivity index (χ1) is 8.68. The summed E-state index contributed by atoms with van der Waals surface area (Å²) in [7, 11) is 0. The van der Waals surface area contributed by atoms with Gasteiger partial charge >= 0.3 is 0 Å². The van der Waals surface area contributed by atoms with Crippen LogP contribution in [0.3, 0.4) is 0 Å². The summed E-state index contributed by atoms with van der Waals surface area (Å²) in [6.07, 6.45) is 7.57. The molecule has 0 aromatic heterocycles. The summed E-state index contributed by atoms with van der Waals surface area (Å²) in [6, 6.07) is 0.366. The van der Waals surface area contributed by atoms with E-state index in [1.165, 1.54) is 32.1 Å². The van der Waals surface area contributed by atoms with Crippen LogP contribution >= 0.6 is 0 Å². The Morgan fingerprint density at radius 1 is 1.33 bits per heavy atom. The maximum absolute atomic E-state index is 12.4. The Morgan fingerprint density at radius 3 is 2.72 bits per heavy atom. The SMILES string of the molecule is CC(CC(=O)N1CCNC[C@H]1C)C1CCCCC1. The molecule has 2 fully saturated rings. The molecule has 1 N–H and O–H groups in total. The standard InChI is InChI=1S/C15H28N2O/c1-12(14-6-4-3-5-7-14)10-15(18)17-9-8-16-11-13(17)2/h12-14,16H,3-11H2,1-2H3/t12?,13-/m1/s1. The van der Waals surface area contributed by atoms with E-state index < -0.39 is 0 Å². The lowest BCUT2D eigenvalue weighted by molar-refractivity contribution is -0.135. The predicted octanol–water partition coefficient (Wildman–Crippen LogP) is 2.41. The molecule has 0 aromatic rings. The van der Waals surface area contributed by atoms with E-state index in [1.807, 2.05) is 0 Å².